The van der Waals surface area contributed by atoms with Crippen LogP contribution in [0.2, 0.25) is 0 Å². The standard InChI is InChI=1S/C4H3F3NOS/c5-4(6,7)9-3-8-1-2-10-3/h3H,2H2. The lowest BCUT2D eigenvalue weighted by Gasteiger charge is -2.09. The van der Waals surface area contributed by atoms with Crippen molar-refractivity contribution in [3.05, 3.63) is 0 Å². The van der Waals surface area contributed by atoms with Crippen LogP contribution in [0.15, 0.2) is 4.99 Å². The van der Waals surface area contributed by atoms with Crippen LogP contribution in [0, 0.1) is 0 Å². The Morgan fingerprint density at radius 2 is 2.30 bits per heavy atom. The van der Waals surface area contributed by atoms with Crippen LogP contribution in [-0.2, 0) is 4.74 Å². The van der Waals surface area contributed by atoms with Gasteiger partial charge in [0.1, 0.15) is 0 Å². The number of rotatable bonds is 1. The normalized spacial score (nSPS) is 25.7. The van der Waals surface area contributed by atoms with Gasteiger partial charge in [0.25, 0.3) is 0 Å². The zero-order chi connectivity index (χ0) is 7.61. The van der Waals surface area contributed by atoms with Gasteiger partial charge in [-0.25, -0.2) is 4.99 Å². The fourth-order valence-corrected chi connectivity index (χ4v) is 1.05. The summed E-state index contributed by atoms with van der Waals surface area (Å²) in [5, 5.41) is 0. The Labute approximate surface area is 59.5 Å². The van der Waals surface area contributed by atoms with Crippen molar-refractivity contribution in [2.24, 2.45) is 4.99 Å². The van der Waals surface area contributed by atoms with Gasteiger partial charge in [0.15, 0.2) is 0 Å². The summed E-state index contributed by atoms with van der Waals surface area (Å²) in [6.45, 7) is 0. The number of hydrogen-bond donors (Lipinski definition) is 0. The number of nitrogens with zero attached hydrogens (tertiary/aromatic N) is 1. The van der Waals surface area contributed by atoms with Gasteiger partial charge >= 0.3 is 6.36 Å². The first-order valence-corrected chi connectivity index (χ1v) is 3.42. The van der Waals surface area contributed by atoms with Gasteiger partial charge in [0, 0.05) is 5.75 Å². The SMILES string of the molecule is FC(F)(F)OC1N=[C]CS1. The molecule has 1 rings (SSSR count). The maximum absolute atomic E-state index is 11.4. The predicted molar refractivity (Wildman–Crippen MR) is 30.8 cm³/mol. The first-order chi connectivity index (χ1) is 4.58. The topological polar surface area (TPSA) is 21.6 Å². The molecule has 57 valence electrons. The molecule has 0 saturated carbocycles. The molecule has 1 aliphatic heterocycles. The van der Waals surface area contributed by atoms with Gasteiger partial charge in [-0.2, -0.15) is 0 Å². The van der Waals surface area contributed by atoms with E-state index in [9.17, 15) is 13.2 Å². The zero-order valence-corrected chi connectivity index (χ0v) is 5.50. The fraction of sp³-hybridized carbons (Fsp3) is 0.750. The lowest BCUT2D eigenvalue weighted by Crippen LogP contribution is -2.18. The molecule has 0 aliphatic carbocycles. The van der Waals surface area contributed by atoms with Crippen molar-refractivity contribution in [1.29, 1.82) is 0 Å². The van der Waals surface area contributed by atoms with Gasteiger partial charge in [0.2, 0.25) is 5.56 Å². The Morgan fingerprint density at radius 1 is 1.60 bits per heavy atom. The fourth-order valence-electron chi connectivity index (χ4n) is 0.432. The summed E-state index contributed by atoms with van der Waals surface area (Å²) >= 11 is 0.949. The molecule has 1 atom stereocenters. The number of hydrogen-bond acceptors (Lipinski definition) is 3. The Hall–Kier alpha value is -0.230. The van der Waals surface area contributed by atoms with E-state index in [0.717, 1.165) is 11.8 Å². The number of thioether (sulfide) groups is 1. The molecule has 0 bridgehead atoms. The van der Waals surface area contributed by atoms with Crippen LogP contribution in [0.25, 0.3) is 0 Å². The van der Waals surface area contributed by atoms with Crippen molar-refractivity contribution < 1.29 is 17.9 Å². The van der Waals surface area contributed by atoms with E-state index in [1.165, 1.54) is 0 Å². The third-order valence-electron chi connectivity index (χ3n) is 0.722. The highest BCUT2D eigenvalue weighted by atomic mass is 32.2. The van der Waals surface area contributed by atoms with E-state index in [1.807, 2.05) is 0 Å². The number of alkyl halides is 3. The van der Waals surface area contributed by atoms with Crippen molar-refractivity contribution >= 4 is 18.0 Å². The van der Waals surface area contributed by atoms with Crippen LogP contribution in [0.5, 0.6) is 0 Å². The van der Waals surface area contributed by atoms with Gasteiger partial charge in [0.05, 0.1) is 6.21 Å². The third kappa shape index (κ3) is 2.57. The Morgan fingerprint density at radius 3 is 2.70 bits per heavy atom. The second-order valence-corrected chi connectivity index (χ2v) is 2.49. The van der Waals surface area contributed by atoms with E-state index >= 15 is 0 Å². The summed E-state index contributed by atoms with van der Waals surface area (Å²) in [4.78, 5) is 3.29. The van der Waals surface area contributed by atoms with Crippen LogP contribution in [0.4, 0.5) is 13.2 Å². The Kier molecular flexibility index (Phi) is 2.20. The molecular weight excluding hydrogens is 167 g/mol. The molecule has 0 aromatic carbocycles. The molecule has 0 aromatic rings. The molecule has 0 amide bonds. The number of ether oxygens (including phenoxy) is 1. The maximum Gasteiger partial charge on any atom is 0.525 e. The van der Waals surface area contributed by atoms with Crippen molar-refractivity contribution in [1.82, 2.24) is 0 Å². The largest absolute Gasteiger partial charge is 0.525 e. The van der Waals surface area contributed by atoms with Crippen molar-refractivity contribution in [3.63, 3.8) is 0 Å². The van der Waals surface area contributed by atoms with E-state index in [1.54, 1.807) is 0 Å². The third-order valence-corrected chi connectivity index (χ3v) is 1.50. The second kappa shape index (κ2) is 2.79. The first kappa shape index (κ1) is 7.87. The lowest BCUT2D eigenvalue weighted by atomic mass is 10.9. The highest BCUT2D eigenvalue weighted by molar-refractivity contribution is 8.00. The molecule has 6 heteroatoms. The molecular formula is C4H3F3NOS. The van der Waals surface area contributed by atoms with E-state index in [4.69, 9.17) is 0 Å². The van der Waals surface area contributed by atoms with Gasteiger partial charge in [-0.3, -0.25) is 4.74 Å². The lowest BCUT2D eigenvalue weighted by molar-refractivity contribution is -0.329. The van der Waals surface area contributed by atoms with Crippen LogP contribution in [0.3, 0.4) is 0 Å². The van der Waals surface area contributed by atoms with Gasteiger partial charge in [-0.15, -0.1) is 13.2 Å². The van der Waals surface area contributed by atoms with Gasteiger partial charge in [-0.1, -0.05) is 11.8 Å². The average molecular weight is 170 g/mol. The number of halogens is 3. The highest BCUT2D eigenvalue weighted by Gasteiger charge is 2.34. The van der Waals surface area contributed by atoms with E-state index < -0.39 is 11.9 Å². The first-order valence-electron chi connectivity index (χ1n) is 2.37. The molecule has 10 heavy (non-hydrogen) atoms. The molecule has 0 spiro atoms. The van der Waals surface area contributed by atoms with Crippen LogP contribution >= 0.6 is 11.8 Å². The minimum Gasteiger partial charge on any atom is -0.256 e. The molecule has 1 unspecified atom stereocenters. The molecule has 0 N–H and O–H groups in total. The molecule has 2 nitrogen and oxygen atoms in total. The van der Waals surface area contributed by atoms with E-state index in [-0.39, 0.29) is 0 Å². The molecule has 0 fully saturated rings. The quantitative estimate of drug-likeness (QED) is 0.594. The minimum absolute atomic E-state index is 0.362. The van der Waals surface area contributed by atoms with Crippen molar-refractivity contribution in [2.75, 3.05) is 5.75 Å². The van der Waals surface area contributed by atoms with Crippen molar-refractivity contribution in [3.8, 4) is 0 Å². The molecule has 1 heterocycles. The summed E-state index contributed by atoms with van der Waals surface area (Å²) in [5.74, 6) is 0.362. The predicted octanol–water partition coefficient (Wildman–Crippen LogP) is 1.50. The summed E-state index contributed by atoms with van der Waals surface area (Å²) in [6, 6.07) is 0. The smallest absolute Gasteiger partial charge is 0.256 e. The second-order valence-electron chi connectivity index (χ2n) is 1.47. The average Bonchev–Trinajstić information content (AvgIpc) is 2.12. The van der Waals surface area contributed by atoms with E-state index in [2.05, 4.69) is 15.9 Å². The summed E-state index contributed by atoms with van der Waals surface area (Å²) in [5.41, 5.74) is -1.14. The highest BCUT2D eigenvalue weighted by Crippen LogP contribution is 2.26. The summed E-state index contributed by atoms with van der Waals surface area (Å²) in [7, 11) is 0. The molecule has 1 aliphatic rings. The van der Waals surface area contributed by atoms with E-state index in [0.29, 0.717) is 5.75 Å². The number of aliphatic imine (C=N–C) groups is 1. The molecule has 1 radical (unpaired) electrons. The Balaban J connectivity index is 2.31. The summed E-state index contributed by atoms with van der Waals surface area (Å²) in [6.07, 6.45) is -2.23. The van der Waals surface area contributed by atoms with Crippen LogP contribution in [-0.4, -0.2) is 23.9 Å². The van der Waals surface area contributed by atoms with Crippen LogP contribution in [0.1, 0.15) is 0 Å². The minimum atomic E-state index is -4.59. The van der Waals surface area contributed by atoms with Gasteiger partial charge < -0.3 is 0 Å². The van der Waals surface area contributed by atoms with Crippen molar-refractivity contribution in [2.45, 2.75) is 11.9 Å². The van der Waals surface area contributed by atoms with Gasteiger partial charge in [-0.05, 0) is 0 Å². The zero-order valence-electron chi connectivity index (χ0n) is 4.68. The molecule has 0 saturated heterocycles. The van der Waals surface area contributed by atoms with Crippen LogP contribution < -0.4 is 0 Å². The monoisotopic (exact) mass is 170 g/mol. The molecule has 0 aromatic heterocycles. The Bertz CT molecular complexity index is 146. The maximum atomic E-state index is 11.4. The summed E-state index contributed by atoms with van der Waals surface area (Å²) < 4.78 is 37.7.